The average molecular weight is 241 g/mol. The Labute approximate surface area is 103 Å². The summed E-state index contributed by atoms with van der Waals surface area (Å²) in [5, 5.41) is 11.3. The Bertz CT molecular complexity index is 331. The molecular weight excluding hydrogens is 218 g/mol. The van der Waals surface area contributed by atoms with Gasteiger partial charge in [-0.1, -0.05) is 0 Å². The zero-order chi connectivity index (χ0) is 12.9. The van der Waals surface area contributed by atoms with Crippen LogP contribution in [0.1, 0.15) is 45.9 Å². The summed E-state index contributed by atoms with van der Waals surface area (Å²) in [5.41, 5.74) is 0.0548. The van der Waals surface area contributed by atoms with Gasteiger partial charge in [-0.2, -0.15) is 0 Å². The van der Waals surface area contributed by atoms with Crippen molar-refractivity contribution >= 4 is 0 Å². The van der Waals surface area contributed by atoms with Crippen molar-refractivity contribution in [2.75, 3.05) is 7.11 Å². The van der Waals surface area contributed by atoms with E-state index in [0.717, 1.165) is 12.8 Å². The molecule has 0 aliphatic heterocycles. The van der Waals surface area contributed by atoms with Gasteiger partial charge < -0.3 is 14.5 Å². The zero-order valence-corrected chi connectivity index (χ0v) is 11.4. The molecule has 1 aromatic heterocycles. The molecule has 1 unspecified atom stereocenters. The summed E-state index contributed by atoms with van der Waals surface area (Å²) >= 11 is 0. The van der Waals surface area contributed by atoms with Crippen molar-refractivity contribution in [2.24, 2.45) is 0 Å². The fourth-order valence-electron chi connectivity index (χ4n) is 1.25. The Kier molecular flexibility index (Phi) is 5.08. The SMILES string of the molecule is COC(C)CCc1nnc(CNC(C)(C)C)o1. The van der Waals surface area contributed by atoms with Gasteiger partial charge in [0.25, 0.3) is 0 Å². The van der Waals surface area contributed by atoms with E-state index < -0.39 is 0 Å². The van der Waals surface area contributed by atoms with E-state index in [1.54, 1.807) is 7.11 Å². The Hall–Kier alpha value is -0.940. The molecule has 0 spiro atoms. The van der Waals surface area contributed by atoms with Crippen LogP contribution in [0.5, 0.6) is 0 Å². The van der Waals surface area contributed by atoms with Crippen LogP contribution in [0.3, 0.4) is 0 Å². The lowest BCUT2D eigenvalue weighted by molar-refractivity contribution is 0.109. The Morgan fingerprint density at radius 3 is 2.53 bits per heavy atom. The van der Waals surface area contributed by atoms with Gasteiger partial charge in [0.05, 0.1) is 12.6 Å². The maximum absolute atomic E-state index is 5.53. The predicted octanol–water partition coefficient (Wildman–Crippen LogP) is 1.93. The van der Waals surface area contributed by atoms with E-state index in [0.29, 0.717) is 18.3 Å². The highest BCUT2D eigenvalue weighted by Gasteiger charge is 2.12. The van der Waals surface area contributed by atoms with Crippen LogP contribution in [0.25, 0.3) is 0 Å². The molecular formula is C12H23N3O2. The quantitative estimate of drug-likeness (QED) is 0.824. The van der Waals surface area contributed by atoms with Gasteiger partial charge in [0.2, 0.25) is 11.8 Å². The molecule has 5 heteroatoms. The number of rotatable bonds is 6. The molecule has 0 amide bonds. The molecule has 0 bridgehead atoms. The number of nitrogens with zero attached hydrogens (tertiary/aromatic N) is 2. The first-order valence-corrected chi connectivity index (χ1v) is 6.00. The van der Waals surface area contributed by atoms with Crippen LogP contribution >= 0.6 is 0 Å². The maximum Gasteiger partial charge on any atom is 0.230 e. The van der Waals surface area contributed by atoms with Gasteiger partial charge in [-0.3, -0.25) is 0 Å². The molecule has 1 rings (SSSR count). The standard InChI is InChI=1S/C12H23N3O2/c1-9(16-5)6-7-10-14-15-11(17-10)8-13-12(2,3)4/h9,13H,6-8H2,1-5H3. The molecule has 0 fully saturated rings. The van der Waals surface area contributed by atoms with Gasteiger partial charge in [0.15, 0.2) is 0 Å². The Balaban J connectivity index is 2.37. The van der Waals surface area contributed by atoms with E-state index in [4.69, 9.17) is 9.15 Å². The molecule has 98 valence electrons. The first-order chi connectivity index (χ1) is 7.90. The molecule has 0 aliphatic rings. The molecule has 0 radical (unpaired) electrons. The number of methoxy groups -OCH3 is 1. The highest BCUT2D eigenvalue weighted by atomic mass is 16.5. The topological polar surface area (TPSA) is 60.2 Å². The lowest BCUT2D eigenvalue weighted by Crippen LogP contribution is -2.35. The van der Waals surface area contributed by atoms with Crippen LogP contribution < -0.4 is 5.32 Å². The highest BCUT2D eigenvalue weighted by Crippen LogP contribution is 2.07. The van der Waals surface area contributed by atoms with E-state index in [1.165, 1.54) is 0 Å². The van der Waals surface area contributed by atoms with Gasteiger partial charge in [0.1, 0.15) is 0 Å². The monoisotopic (exact) mass is 241 g/mol. The first kappa shape index (κ1) is 14.1. The number of nitrogens with one attached hydrogen (secondary N) is 1. The summed E-state index contributed by atoms with van der Waals surface area (Å²) in [6.07, 6.45) is 1.88. The maximum atomic E-state index is 5.53. The summed E-state index contributed by atoms with van der Waals surface area (Å²) in [6, 6.07) is 0. The lowest BCUT2D eigenvalue weighted by atomic mass is 10.1. The number of aryl methyl sites for hydroxylation is 1. The smallest absolute Gasteiger partial charge is 0.230 e. The Morgan fingerprint density at radius 1 is 1.29 bits per heavy atom. The Morgan fingerprint density at radius 2 is 1.94 bits per heavy atom. The summed E-state index contributed by atoms with van der Waals surface area (Å²) in [7, 11) is 1.71. The third-order valence-corrected chi connectivity index (χ3v) is 2.45. The summed E-state index contributed by atoms with van der Waals surface area (Å²) in [4.78, 5) is 0. The second kappa shape index (κ2) is 6.12. The van der Waals surface area contributed by atoms with Crippen LogP contribution in [-0.4, -0.2) is 29.0 Å². The minimum absolute atomic E-state index is 0.0548. The van der Waals surface area contributed by atoms with Gasteiger partial charge in [-0.15, -0.1) is 10.2 Å². The van der Waals surface area contributed by atoms with Crippen molar-refractivity contribution in [3.63, 3.8) is 0 Å². The molecule has 0 aliphatic carbocycles. The van der Waals surface area contributed by atoms with Crippen LogP contribution in [0.15, 0.2) is 4.42 Å². The molecule has 1 N–H and O–H groups in total. The van der Waals surface area contributed by atoms with Crippen molar-refractivity contribution < 1.29 is 9.15 Å². The normalized spacial score (nSPS) is 13.9. The number of aromatic nitrogens is 2. The molecule has 0 saturated carbocycles. The molecule has 0 aromatic carbocycles. The van der Waals surface area contributed by atoms with E-state index in [9.17, 15) is 0 Å². The van der Waals surface area contributed by atoms with Gasteiger partial charge in [0, 0.05) is 19.1 Å². The largest absolute Gasteiger partial charge is 0.424 e. The summed E-state index contributed by atoms with van der Waals surface area (Å²) in [5.74, 6) is 1.32. The number of hydrogen-bond acceptors (Lipinski definition) is 5. The van der Waals surface area contributed by atoms with E-state index in [-0.39, 0.29) is 11.6 Å². The van der Waals surface area contributed by atoms with Gasteiger partial charge in [-0.05, 0) is 34.1 Å². The van der Waals surface area contributed by atoms with E-state index in [2.05, 4.69) is 36.3 Å². The van der Waals surface area contributed by atoms with Crippen LogP contribution in [0.2, 0.25) is 0 Å². The number of ether oxygens (including phenoxy) is 1. The molecule has 17 heavy (non-hydrogen) atoms. The first-order valence-electron chi connectivity index (χ1n) is 6.00. The minimum Gasteiger partial charge on any atom is -0.424 e. The second-order valence-corrected chi connectivity index (χ2v) is 5.28. The third kappa shape index (κ3) is 5.79. The molecule has 0 saturated heterocycles. The summed E-state index contributed by atoms with van der Waals surface area (Å²) in [6.45, 7) is 8.94. The second-order valence-electron chi connectivity index (χ2n) is 5.28. The molecule has 5 nitrogen and oxygen atoms in total. The van der Waals surface area contributed by atoms with Crippen molar-refractivity contribution in [2.45, 2.75) is 58.7 Å². The fourth-order valence-corrected chi connectivity index (χ4v) is 1.25. The minimum atomic E-state index is 0.0548. The molecule has 1 heterocycles. The van der Waals surface area contributed by atoms with Crippen LogP contribution in [0, 0.1) is 0 Å². The number of hydrogen-bond donors (Lipinski definition) is 1. The van der Waals surface area contributed by atoms with E-state index in [1.807, 2.05) is 6.92 Å². The van der Waals surface area contributed by atoms with Crippen LogP contribution in [-0.2, 0) is 17.7 Å². The van der Waals surface area contributed by atoms with Gasteiger partial charge >= 0.3 is 0 Å². The third-order valence-electron chi connectivity index (χ3n) is 2.45. The molecule has 1 aromatic rings. The van der Waals surface area contributed by atoms with Crippen molar-refractivity contribution in [3.8, 4) is 0 Å². The molecule has 1 atom stereocenters. The van der Waals surface area contributed by atoms with Gasteiger partial charge in [-0.25, -0.2) is 0 Å². The van der Waals surface area contributed by atoms with Crippen molar-refractivity contribution in [1.82, 2.24) is 15.5 Å². The van der Waals surface area contributed by atoms with E-state index >= 15 is 0 Å². The lowest BCUT2D eigenvalue weighted by Gasteiger charge is -2.18. The average Bonchev–Trinajstić information content (AvgIpc) is 2.70. The predicted molar refractivity (Wildman–Crippen MR) is 65.7 cm³/mol. The van der Waals surface area contributed by atoms with Crippen molar-refractivity contribution in [1.29, 1.82) is 0 Å². The van der Waals surface area contributed by atoms with Crippen molar-refractivity contribution in [3.05, 3.63) is 11.8 Å². The fraction of sp³-hybridized carbons (Fsp3) is 0.833. The van der Waals surface area contributed by atoms with Crippen LogP contribution in [0.4, 0.5) is 0 Å². The zero-order valence-electron chi connectivity index (χ0n) is 11.4. The summed E-state index contributed by atoms with van der Waals surface area (Å²) < 4.78 is 10.7. The highest BCUT2D eigenvalue weighted by molar-refractivity contribution is 4.84.